The van der Waals surface area contributed by atoms with E-state index in [1.165, 1.54) is 11.3 Å². The first kappa shape index (κ1) is 20.1. The maximum Gasteiger partial charge on any atom is 0.251 e. The van der Waals surface area contributed by atoms with E-state index in [1.54, 1.807) is 30.3 Å². The van der Waals surface area contributed by atoms with Crippen LogP contribution in [-0.2, 0) is 11.8 Å². The molecular formula is C20H21N5O4S. The van der Waals surface area contributed by atoms with E-state index in [0.29, 0.717) is 35.3 Å². The Morgan fingerprint density at radius 2 is 2.03 bits per heavy atom. The second-order valence-electron chi connectivity index (χ2n) is 6.59. The van der Waals surface area contributed by atoms with Crippen LogP contribution in [0.2, 0.25) is 0 Å². The van der Waals surface area contributed by atoms with E-state index in [9.17, 15) is 9.90 Å². The fourth-order valence-corrected chi connectivity index (χ4v) is 3.91. The molecular weight excluding hydrogens is 406 g/mol. The number of nitrogens with one attached hydrogen (secondary N) is 2. The number of hydrogen-bond acceptors (Lipinski definition) is 8. The summed E-state index contributed by atoms with van der Waals surface area (Å²) in [5.41, 5.74) is 2.85. The second-order valence-corrected chi connectivity index (χ2v) is 7.62. The predicted octanol–water partition coefficient (Wildman–Crippen LogP) is 2.37. The van der Waals surface area contributed by atoms with Crippen molar-refractivity contribution in [2.45, 2.75) is 0 Å². The lowest BCUT2D eigenvalue weighted by Gasteiger charge is -2.06. The summed E-state index contributed by atoms with van der Waals surface area (Å²) >= 11 is 1.42. The number of aliphatic hydroxyl groups excluding tert-OH is 1. The summed E-state index contributed by atoms with van der Waals surface area (Å²) in [6, 6.07) is 10.4. The van der Waals surface area contributed by atoms with Crippen molar-refractivity contribution in [3.8, 4) is 5.75 Å². The number of phenols is 1. The molecule has 4 rings (SSSR count). The molecule has 9 nitrogen and oxygen atoms in total. The summed E-state index contributed by atoms with van der Waals surface area (Å²) in [6.45, 7) is 0.909. The summed E-state index contributed by atoms with van der Waals surface area (Å²) in [5, 5.41) is 25.0. The molecule has 0 fully saturated rings. The monoisotopic (exact) mass is 427 g/mol. The molecule has 0 bridgehead atoms. The lowest BCUT2D eigenvalue weighted by atomic mass is 10.2. The van der Waals surface area contributed by atoms with Crippen LogP contribution in [0, 0.1) is 0 Å². The molecule has 0 atom stereocenters. The van der Waals surface area contributed by atoms with Gasteiger partial charge in [0.25, 0.3) is 5.91 Å². The van der Waals surface area contributed by atoms with Gasteiger partial charge < -0.3 is 30.2 Å². The first-order chi connectivity index (χ1) is 14.5. The minimum atomic E-state index is -0.212. The van der Waals surface area contributed by atoms with Gasteiger partial charge in [-0.3, -0.25) is 4.79 Å². The highest BCUT2D eigenvalue weighted by atomic mass is 32.1. The van der Waals surface area contributed by atoms with Crippen molar-refractivity contribution in [3.05, 3.63) is 42.0 Å². The van der Waals surface area contributed by atoms with E-state index in [2.05, 4.69) is 20.6 Å². The number of thiazole rings is 1. The number of aromatic hydroxyl groups is 1. The van der Waals surface area contributed by atoms with E-state index < -0.39 is 0 Å². The van der Waals surface area contributed by atoms with E-state index in [-0.39, 0.29) is 24.9 Å². The Kier molecular flexibility index (Phi) is 5.79. The van der Waals surface area contributed by atoms with Gasteiger partial charge in [0.2, 0.25) is 5.95 Å². The number of nitrogens with zero attached hydrogens (tertiary/aromatic N) is 3. The minimum Gasteiger partial charge on any atom is -0.508 e. The lowest BCUT2D eigenvalue weighted by Crippen LogP contribution is -2.27. The van der Waals surface area contributed by atoms with Gasteiger partial charge in [-0.05, 0) is 36.4 Å². The molecule has 2 aromatic heterocycles. The molecule has 0 radical (unpaired) electrons. The normalized spacial score (nSPS) is 11.3. The lowest BCUT2D eigenvalue weighted by molar-refractivity contribution is 0.0838. The van der Waals surface area contributed by atoms with Crippen molar-refractivity contribution in [1.82, 2.24) is 19.9 Å². The number of ether oxygens (including phenoxy) is 1. The maximum absolute atomic E-state index is 12.3. The Labute approximate surface area is 176 Å². The van der Waals surface area contributed by atoms with Gasteiger partial charge in [-0.25, -0.2) is 9.97 Å². The molecule has 0 aliphatic rings. The Morgan fingerprint density at radius 3 is 2.87 bits per heavy atom. The van der Waals surface area contributed by atoms with Gasteiger partial charge in [0.1, 0.15) is 5.75 Å². The average Bonchev–Trinajstić information content (AvgIpc) is 3.27. The number of carbonyl (C=O) groups excluding carboxylic acids is 1. The van der Waals surface area contributed by atoms with Crippen molar-refractivity contribution < 1.29 is 19.7 Å². The summed E-state index contributed by atoms with van der Waals surface area (Å²) in [6.07, 6.45) is 0. The summed E-state index contributed by atoms with van der Waals surface area (Å²) in [5.74, 6) is 0.588. The number of phenolic OH excluding ortho intramolecular Hbond substituents is 1. The largest absolute Gasteiger partial charge is 0.508 e. The predicted molar refractivity (Wildman–Crippen MR) is 116 cm³/mol. The molecule has 4 N–H and O–H groups in total. The molecule has 10 heteroatoms. The van der Waals surface area contributed by atoms with Crippen LogP contribution in [0.15, 0.2) is 36.4 Å². The topological polar surface area (TPSA) is 122 Å². The van der Waals surface area contributed by atoms with Crippen LogP contribution in [0.25, 0.3) is 21.3 Å². The van der Waals surface area contributed by atoms with Crippen molar-refractivity contribution >= 4 is 49.6 Å². The van der Waals surface area contributed by atoms with Gasteiger partial charge in [0.15, 0.2) is 5.13 Å². The highest BCUT2D eigenvalue weighted by molar-refractivity contribution is 7.22. The quantitative estimate of drug-likeness (QED) is 0.319. The molecule has 4 aromatic rings. The number of rotatable bonds is 8. The van der Waals surface area contributed by atoms with Crippen molar-refractivity contribution in [1.29, 1.82) is 0 Å². The molecule has 0 spiro atoms. The van der Waals surface area contributed by atoms with Gasteiger partial charge in [-0.2, -0.15) is 0 Å². The third kappa shape index (κ3) is 4.20. The first-order valence-corrected chi connectivity index (χ1v) is 10.2. The Balaban J connectivity index is 1.50. The van der Waals surface area contributed by atoms with E-state index in [1.807, 2.05) is 17.7 Å². The SMILES string of the molecule is Cn1c(Nc2nc3ccc(O)cc3s2)nc2cc(C(=O)NCCOCCO)ccc21. The fourth-order valence-electron chi connectivity index (χ4n) is 3.02. The number of aryl methyl sites for hydroxylation is 1. The zero-order valence-corrected chi connectivity index (χ0v) is 17.1. The molecule has 0 saturated carbocycles. The summed E-state index contributed by atoms with van der Waals surface area (Å²) in [7, 11) is 1.88. The van der Waals surface area contributed by atoms with Crippen LogP contribution in [-0.4, -0.2) is 57.0 Å². The number of aromatic nitrogens is 3. The summed E-state index contributed by atoms with van der Waals surface area (Å²) < 4.78 is 7.90. The summed E-state index contributed by atoms with van der Waals surface area (Å²) in [4.78, 5) is 21.4. The number of hydrogen-bond donors (Lipinski definition) is 4. The molecule has 2 heterocycles. The van der Waals surface area contributed by atoms with E-state index >= 15 is 0 Å². The molecule has 156 valence electrons. The molecule has 0 aliphatic carbocycles. The minimum absolute atomic E-state index is 0.0415. The molecule has 1 amide bonds. The molecule has 0 saturated heterocycles. The van der Waals surface area contributed by atoms with Crippen LogP contribution in [0.5, 0.6) is 5.75 Å². The Bertz CT molecular complexity index is 1200. The standard InChI is InChI=1S/C20H21N5O4S/c1-25-16-5-2-12(18(28)21-6-8-29-9-7-26)10-15(16)22-19(25)24-20-23-14-4-3-13(27)11-17(14)30-20/h2-5,10-11,26-27H,6-9H2,1H3,(H,21,28)(H,22,23,24). The third-order valence-corrected chi connectivity index (χ3v) is 5.43. The van der Waals surface area contributed by atoms with Crippen molar-refractivity contribution in [2.24, 2.45) is 7.05 Å². The number of carbonyl (C=O) groups is 1. The van der Waals surface area contributed by atoms with Crippen molar-refractivity contribution in [3.63, 3.8) is 0 Å². The molecule has 0 aliphatic heterocycles. The van der Waals surface area contributed by atoms with Gasteiger partial charge >= 0.3 is 0 Å². The van der Waals surface area contributed by atoms with Crippen LogP contribution < -0.4 is 10.6 Å². The Morgan fingerprint density at radius 1 is 1.17 bits per heavy atom. The van der Waals surface area contributed by atoms with Crippen LogP contribution in [0.1, 0.15) is 10.4 Å². The zero-order valence-electron chi connectivity index (χ0n) is 16.3. The van der Waals surface area contributed by atoms with Crippen LogP contribution in [0.4, 0.5) is 11.1 Å². The van der Waals surface area contributed by atoms with E-state index in [0.717, 1.165) is 15.7 Å². The first-order valence-electron chi connectivity index (χ1n) is 9.35. The number of anilines is 2. The zero-order chi connectivity index (χ0) is 21.1. The third-order valence-electron chi connectivity index (χ3n) is 4.50. The number of benzene rings is 2. The molecule has 30 heavy (non-hydrogen) atoms. The van der Waals surface area contributed by atoms with Gasteiger partial charge in [0.05, 0.1) is 41.1 Å². The van der Waals surface area contributed by atoms with E-state index in [4.69, 9.17) is 9.84 Å². The van der Waals surface area contributed by atoms with Gasteiger partial charge in [0, 0.05) is 19.2 Å². The van der Waals surface area contributed by atoms with Gasteiger partial charge in [-0.1, -0.05) is 11.3 Å². The Hall–Kier alpha value is -3.21. The number of fused-ring (bicyclic) bond motifs is 2. The number of imidazole rings is 1. The van der Waals surface area contributed by atoms with Crippen LogP contribution >= 0.6 is 11.3 Å². The number of amides is 1. The number of aliphatic hydroxyl groups is 1. The van der Waals surface area contributed by atoms with Gasteiger partial charge in [-0.15, -0.1) is 0 Å². The molecule has 0 unspecified atom stereocenters. The smallest absolute Gasteiger partial charge is 0.251 e. The average molecular weight is 427 g/mol. The highest BCUT2D eigenvalue weighted by Gasteiger charge is 2.13. The highest BCUT2D eigenvalue weighted by Crippen LogP contribution is 2.31. The fraction of sp³-hybridized carbons (Fsp3) is 0.250. The second kappa shape index (κ2) is 8.66. The maximum atomic E-state index is 12.3. The molecule has 2 aromatic carbocycles. The van der Waals surface area contributed by atoms with Crippen molar-refractivity contribution in [2.75, 3.05) is 31.7 Å². The van der Waals surface area contributed by atoms with Crippen LogP contribution in [0.3, 0.4) is 0 Å².